The first kappa shape index (κ1) is 13.9. The third kappa shape index (κ3) is 3.72. The summed E-state index contributed by atoms with van der Waals surface area (Å²) in [6.07, 6.45) is 3.75. The Balaban J connectivity index is 1.68. The Labute approximate surface area is 130 Å². The summed E-state index contributed by atoms with van der Waals surface area (Å²) >= 11 is 7.21. The van der Waals surface area contributed by atoms with E-state index in [-0.39, 0.29) is 6.10 Å². The maximum Gasteiger partial charge on any atom is 0.148 e. The Bertz CT molecular complexity index is 434. The van der Waals surface area contributed by atoms with Crippen LogP contribution < -0.4 is 10.1 Å². The average Bonchev–Trinajstić information content (AvgIpc) is 3.07. The molecule has 0 spiro atoms. The van der Waals surface area contributed by atoms with Crippen molar-refractivity contribution in [1.82, 2.24) is 5.32 Å². The van der Waals surface area contributed by atoms with Gasteiger partial charge in [0.05, 0.1) is 22.2 Å². The highest BCUT2D eigenvalue weighted by Crippen LogP contribution is 2.36. The summed E-state index contributed by atoms with van der Waals surface area (Å²) in [6, 6.07) is 4.99. The highest BCUT2D eigenvalue weighted by atomic mass is 79.9. The number of ether oxygens (including phenoxy) is 2. The van der Waals surface area contributed by atoms with Gasteiger partial charge in [-0.05, 0) is 62.4 Å². The maximum absolute atomic E-state index is 5.99. The first-order valence-corrected chi connectivity index (χ1v) is 8.26. The standard InChI is InChI=1S/C14H17Br2NO2/c15-12-5-9(7-17-10-1-2-10)6-13(16)14(12)19-11-3-4-18-8-11/h5-6,10-11,17H,1-4,7-8H2. The summed E-state index contributed by atoms with van der Waals surface area (Å²) in [5.74, 6) is 0.880. The molecule has 1 aliphatic carbocycles. The van der Waals surface area contributed by atoms with Gasteiger partial charge in [0, 0.05) is 19.0 Å². The van der Waals surface area contributed by atoms with Crippen LogP contribution in [0.4, 0.5) is 0 Å². The van der Waals surface area contributed by atoms with E-state index in [1.165, 1.54) is 18.4 Å². The third-order valence-electron chi connectivity index (χ3n) is 3.40. The van der Waals surface area contributed by atoms with E-state index < -0.39 is 0 Å². The minimum atomic E-state index is 0.169. The van der Waals surface area contributed by atoms with Crippen LogP contribution in [-0.2, 0) is 11.3 Å². The first-order chi connectivity index (χ1) is 9.22. The fraction of sp³-hybridized carbons (Fsp3) is 0.571. The van der Waals surface area contributed by atoms with Crippen LogP contribution in [0.3, 0.4) is 0 Å². The number of hydrogen-bond donors (Lipinski definition) is 1. The summed E-state index contributed by atoms with van der Waals surface area (Å²) in [6.45, 7) is 2.39. The van der Waals surface area contributed by atoms with Crippen molar-refractivity contribution in [3.63, 3.8) is 0 Å². The zero-order chi connectivity index (χ0) is 13.2. The molecular formula is C14H17Br2NO2. The van der Waals surface area contributed by atoms with E-state index in [0.29, 0.717) is 6.61 Å². The second kappa shape index (κ2) is 6.12. The monoisotopic (exact) mass is 389 g/mol. The quantitative estimate of drug-likeness (QED) is 0.832. The molecule has 0 aromatic heterocycles. The molecule has 0 radical (unpaired) electrons. The Hall–Kier alpha value is -0.100. The Morgan fingerprint density at radius 3 is 2.53 bits per heavy atom. The van der Waals surface area contributed by atoms with Crippen molar-refractivity contribution >= 4 is 31.9 Å². The molecule has 0 amide bonds. The van der Waals surface area contributed by atoms with Gasteiger partial charge in [0.15, 0.2) is 0 Å². The molecule has 1 unspecified atom stereocenters. The summed E-state index contributed by atoms with van der Waals surface area (Å²) in [5, 5.41) is 3.52. The van der Waals surface area contributed by atoms with Gasteiger partial charge in [-0.25, -0.2) is 0 Å². The van der Waals surface area contributed by atoms with Crippen LogP contribution in [0, 0.1) is 0 Å². The number of nitrogens with one attached hydrogen (secondary N) is 1. The number of halogens is 2. The largest absolute Gasteiger partial charge is 0.486 e. The van der Waals surface area contributed by atoms with Crippen LogP contribution in [0.1, 0.15) is 24.8 Å². The van der Waals surface area contributed by atoms with Crippen LogP contribution in [0.2, 0.25) is 0 Å². The molecule has 1 heterocycles. The molecule has 104 valence electrons. The maximum atomic E-state index is 5.99. The fourth-order valence-electron chi connectivity index (χ4n) is 2.15. The van der Waals surface area contributed by atoms with Crippen molar-refractivity contribution in [2.45, 2.75) is 38.0 Å². The van der Waals surface area contributed by atoms with Crippen LogP contribution in [-0.4, -0.2) is 25.4 Å². The smallest absolute Gasteiger partial charge is 0.148 e. The molecule has 0 bridgehead atoms. The summed E-state index contributed by atoms with van der Waals surface area (Å²) in [7, 11) is 0. The number of benzene rings is 1. The number of hydrogen-bond acceptors (Lipinski definition) is 3. The summed E-state index contributed by atoms with van der Waals surface area (Å²) < 4.78 is 13.3. The second-order valence-corrected chi connectivity index (χ2v) is 6.86. The van der Waals surface area contributed by atoms with Gasteiger partial charge in [-0.2, -0.15) is 0 Å². The Morgan fingerprint density at radius 2 is 1.95 bits per heavy atom. The molecule has 1 saturated heterocycles. The molecule has 3 nitrogen and oxygen atoms in total. The topological polar surface area (TPSA) is 30.5 Å². The second-order valence-electron chi connectivity index (χ2n) is 5.15. The van der Waals surface area contributed by atoms with E-state index in [4.69, 9.17) is 9.47 Å². The molecule has 19 heavy (non-hydrogen) atoms. The van der Waals surface area contributed by atoms with E-state index >= 15 is 0 Å². The Kier molecular flexibility index (Phi) is 4.47. The van der Waals surface area contributed by atoms with Crippen molar-refractivity contribution in [3.8, 4) is 5.75 Å². The van der Waals surface area contributed by atoms with Crippen molar-refractivity contribution in [1.29, 1.82) is 0 Å². The van der Waals surface area contributed by atoms with Crippen molar-refractivity contribution < 1.29 is 9.47 Å². The van der Waals surface area contributed by atoms with E-state index in [2.05, 4.69) is 49.3 Å². The predicted molar refractivity (Wildman–Crippen MR) is 81.6 cm³/mol. The molecule has 1 aliphatic heterocycles. The van der Waals surface area contributed by atoms with Gasteiger partial charge in [0.25, 0.3) is 0 Å². The molecule has 2 fully saturated rings. The van der Waals surface area contributed by atoms with Gasteiger partial charge in [0.2, 0.25) is 0 Å². The van der Waals surface area contributed by atoms with Gasteiger partial charge >= 0.3 is 0 Å². The van der Waals surface area contributed by atoms with Crippen LogP contribution in [0.5, 0.6) is 5.75 Å². The summed E-state index contributed by atoms with van der Waals surface area (Å²) in [5.41, 5.74) is 1.26. The van der Waals surface area contributed by atoms with Gasteiger partial charge in [0.1, 0.15) is 11.9 Å². The zero-order valence-corrected chi connectivity index (χ0v) is 13.8. The van der Waals surface area contributed by atoms with Crippen LogP contribution >= 0.6 is 31.9 Å². The van der Waals surface area contributed by atoms with Gasteiger partial charge in [-0.15, -0.1) is 0 Å². The lowest BCUT2D eigenvalue weighted by molar-refractivity contribution is 0.140. The van der Waals surface area contributed by atoms with Crippen molar-refractivity contribution in [2.24, 2.45) is 0 Å². The lowest BCUT2D eigenvalue weighted by Crippen LogP contribution is -2.17. The molecule has 1 N–H and O–H groups in total. The number of rotatable bonds is 5. The van der Waals surface area contributed by atoms with Crippen molar-refractivity contribution in [2.75, 3.05) is 13.2 Å². The SMILES string of the molecule is Brc1cc(CNC2CC2)cc(Br)c1OC1CCOC1. The minimum Gasteiger partial charge on any atom is -0.486 e. The molecular weight excluding hydrogens is 374 g/mol. The highest BCUT2D eigenvalue weighted by molar-refractivity contribution is 9.11. The lowest BCUT2D eigenvalue weighted by atomic mass is 10.2. The van der Waals surface area contributed by atoms with E-state index in [0.717, 1.165) is 40.3 Å². The highest BCUT2D eigenvalue weighted by Gasteiger charge is 2.22. The van der Waals surface area contributed by atoms with E-state index in [1.807, 2.05) is 0 Å². The van der Waals surface area contributed by atoms with Gasteiger partial charge in [-0.1, -0.05) is 0 Å². The van der Waals surface area contributed by atoms with Crippen LogP contribution in [0.25, 0.3) is 0 Å². The fourth-order valence-corrected chi connectivity index (χ4v) is 3.62. The molecule has 1 atom stereocenters. The first-order valence-electron chi connectivity index (χ1n) is 6.68. The van der Waals surface area contributed by atoms with Crippen molar-refractivity contribution in [3.05, 3.63) is 26.6 Å². The predicted octanol–water partition coefficient (Wildman–Crippen LogP) is 3.63. The molecule has 3 rings (SSSR count). The van der Waals surface area contributed by atoms with Gasteiger partial charge in [-0.3, -0.25) is 0 Å². The average molecular weight is 391 g/mol. The van der Waals surface area contributed by atoms with Gasteiger partial charge < -0.3 is 14.8 Å². The lowest BCUT2D eigenvalue weighted by Gasteiger charge is -2.16. The summed E-state index contributed by atoms with van der Waals surface area (Å²) in [4.78, 5) is 0. The molecule has 1 aromatic rings. The molecule has 5 heteroatoms. The third-order valence-corrected chi connectivity index (χ3v) is 4.58. The normalized spacial score (nSPS) is 22.7. The Morgan fingerprint density at radius 1 is 1.21 bits per heavy atom. The van der Waals surface area contributed by atoms with E-state index in [1.54, 1.807) is 0 Å². The van der Waals surface area contributed by atoms with Crippen LogP contribution in [0.15, 0.2) is 21.1 Å². The molecule has 1 saturated carbocycles. The molecule has 1 aromatic carbocycles. The zero-order valence-electron chi connectivity index (χ0n) is 10.6. The molecule has 2 aliphatic rings. The van der Waals surface area contributed by atoms with E-state index in [9.17, 15) is 0 Å². The minimum absolute atomic E-state index is 0.169.